The molecule has 2 aromatic carbocycles. The minimum absolute atomic E-state index is 0.0398. The van der Waals surface area contributed by atoms with Crippen LogP contribution in [-0.4, -0.2) is 58.3 Å². The molecule has 11 heteroatoms. The molecule has 0 atom stereocenters. The number of hydrogen-bond donors (Lipinski definition) is 3. The molecule has 1 fully saturated rings. The Balaban J connectivity index is 1.85. The van der Waals surface area contributed by atoms with Gasteiger partial charge in [-0.25, -0.2) is 12.8 Å². The van der Waals surface area contributed by atoms with Crippen LogP contribution in [0, 0.1) is 11.2 Å². The number of rotatable bonds is 11. The zero-order valence-corrected chi connectivity index (χ0v) is 20.9. The summed E-state index contributed by atoms with van der Waals surface area (Å²) in [5.41, 5.74) is 6.80. The Morgan fingerprint density at radius 2 is 2.00 bits per heavy atom. The van der Waals surface area contributed by atoms with Crippen LogP contribution in [-0.2, 0) is 19.6 Å². The second-order valence-corrected chi connectivity index (χ2v) is 10.1. The lowest BCUT2D eigenvalue weighted by atomic mass is 10.1. The molecule has 194 valence electrons. The van der Waals surface area contributed by atoms with E-state index >= 15 is 0 Å². The van der Waals surface area contributed by atoms with Crippen LogP contribution in [0.5, 0.6) is 5.75 Å². The van der Waals surface area contributed by atoms with Gasteiger partial charge in [-0.3, -0.25) is 14.5 Å². The van der Waals surface area contributed by atoms with Gasteiger partial charge in [0, 0.05) is 11.6 Å². The van der Waals surface area contributed by atoms with Gasteiger partial charge in [-0.1, -0.05) is 30.4 Å². The van der Waals surface area contributed by atoms with Crippen LogP contribution in [0.1, 0.15) is 30.9 Å². The van der Waals surface area contributed by atoms with Crippen molar-refractivity contribution < 1.29 is 27.1 Å². The highest BCUT2D eigenvalue weighted by atomic mass is 32.2. The number of carbonyl (C=O) groups excluding carboxylic acids is 1. The van der Waals surface area contributed by atoms with Crippen molar-refractivity contribution in [3.05, 3.63) is 65.5 Å². The summed E-state index contributed by atoms with van der Waals surface area (Å²) in [6.45, 7) is 3.02. The van der Waals surface area contributed by atoms with Crippen LogP contribution in [0.4, 0.5) is 10.1 Å². The summed E-state index contributed by atoms with van der Waals surface area (Å²) in [4.78, 5) is 12.0. The highest BCUT2D eigenvalue weighted by Gasteiger charge is 2.27. The molecule has 1 aliphatic rings. The fourth-order valence-corrected chi connectivity index (χ4v) is 5.02. The van der Waals surface area contributed by atoms with Crippen LogP contribution in [0.2, 0.25) is 0 Å². The maximum atomic E-state index is 14.9. The van der Waals surface area contributed by atoms with Crippen LogP contribution < -0.4 is 20.1 Å². The first kappa shape index (κ1) is 27.2. The van der Waals surface area contributed by atoms with Crippen molar-refractivity contribution in [3.8, 4) is 5.75 Å². The highest BCUT2D eigenvalue weighted by molar-refractivity contribution is 7.93. The summed E-state index contributed by atoms with van der Waals surface area (Å²) in [6.07, 6.45) is 4.60. The molecule has 1 heterocycles. The van der Waals surface area contributed by atoms with Gasteiger partial charge in [0.25, 0.3) is 0 Å². The molecule has 1 saturated heterocycles. The third-order valence-corrected chi connectivity index (χ3v) is 7.14. The first-order chi connectivity index (χ1) is 17.2. The van der Waals surface area contributed by atoms with E-state index in [0.29, 0.717) is 11.1 Å². The third-order valence-electron chi connectivity index (χ3n) is 5.50. The van der Waals surface area contributed by atoms with E-state index < -0.39 is 27.6 Å². The zero-order chi connectivity index (χ0) is 26.1. The number of nitrogen functional groups attached to an aromatic ring is 1. The smallest absolute Gasteiger partial charge is 0.323 e. The van der Waals surface area contributed by atoms with Gasteiger partial charge in [0.05, 0.1) is 18.8 Å². The van der Waals surface area contributed by atoms with Crippen molar-refractivity contribution in [1.29, 1.82) is 5.41 Å². The Hall–Kier alpha value is -3.44. The lowest BCUT2D eigenvalue weighted by molar-refractivity contribution is -0.139. The number of anilines is 1. The molecule has 0 amide bonds. The van der Waals surface area contributed by atoms with E-state index in [0.717, 1.165) is 36.3 Å². The minimum atomic E-state index is -4.19. The Morgan fingerprint density at radius 3 is 2.67 bits per heavy atom. The number of ether oxygens (including phenoxy) is 2. The number of nitrogens with two attached hydrogens (primary N) is 1. The summed E-state index contributed by atoms with van der Waals surface area (Å²) in [7, 11) is -4.19. The Kier molecular flexibility index (Phi) is 9.43. The van der Waals surface area contributed by atoms with Crippen molar-refractivity contribution in [2.24, 2.45) is 5.73 Å². The molecule has 4 N–H and O–H groups in total. The van der Waals surface area contributed by atoms with Gasteiger partial charge < -0.3 is 20.5 Å². The first-order valence-electron chi connectivity index (χ1n) is 11.6. The number of hydrogen-bond acceptors (Lipinski definition) is 7. The molecule has 9 nitrogen and oxygen atoms in total. The van der Waals surface area contributed by atoms with E-state index in [1.165, 1.54) is 12.1 Å². The van der Waals surface area contributed by atoms with E-state index in [1.54, 1.807) is 43.3 Å². The number of sulfonamides is 1. The quantitative estimate of drug-likeness (QED) is 0.236. The fourth-order valence-electron chi connectivity index (χ4n) is 3.74. The van der Waals surface area contributed by atoms with Gasteiger partial charge in [0.15, 0.2) is 17.3 Å². The average molecular weight is 519 g/mol. The van der Waals surface area contributed by atoms with Crippen molar-refractivity contribution in [2.45, 2.75) is 25.9 Å². The summed E-state index contributed by atoms with van der Waals surface area (Å²) >= 11 is 0. The number of amidine groups is 1. The van der Waals surface area contributed by atoms with Crippen molar-refractivity contribution in [2.75, 3.05) is 36.3 Å². The highest BCUT2D eigenvalue weighted by Crippen LogP contribution is 2.28. The van der Waals surface area contributed by atoms with Gasteiger partial charge in [0.2, 0.25) is 10.0 Å². The lowest BCUT2D eigenvalue weighted by Gasteiger charge is -2.25. The fraction of sp³-hybridized carbons (Fsp3) is 0.360. The van der Waals surface area contributed by atoms with Gasteiger partial charge in [-0.2, -0.15) is 0 Å². The van der Waals surface area contributed by atoms with Crippen LogP contribution in [0.15, 0.2) is 48.5 Å². The maximum absolute atomic E-state index is 14.9. The molecule has 0 aliphatic carbocycles. The van der Waals surface area contributed by atoms with E-state index in [-0.39, 0.29) is 36.5 Å². The molecule has 2 aromatic rings. The van der Waals surface area contributed by atoms with Gasteiger partial charge >= 0.3 is 5.97 Å². The Labute approximate surface area is 210 Å². The summed E-state index contributed by atoms with van der Waals surface area (Å²) in [5, 5.41) is 10.8. The SMILES string of the molecule is CCOC(=O)CS(=O)(=O)N(C/C=C/c1cccc(C(=N)N)c1)c1ccc(OC2CCNCC2)c(F)c1. The number of carbonyl (C=O) groups is 1. The van der Waals surface area contributed by atoms with Crippen molar-refractivity contribution in [3.63, 3.8) is 0 Å². The van der Waals surface area contributed by atoms with Crippen LogP contribution in [0.25, 0.3) is 6.08 Å². The van der Waals surface area contributed by atoms with E-state index in [9.17, 15) is 17.6 Å². The summed E-state index contributed by atoms with van der Waals surface area (Å²) in [6, 6.07) is 10.8. The molecule has 0 saturated carbocycles. The maximum Gasteiger partial charge on any atom is 0.323 e. The standard InChI is InChI=1S/C25H31FN4O5S/c1-2-34-24(31)17-36(32,33)30(14-4-6-18-5-3-7-19(15-18)25(27)28)20-8-9-23(22(26)16-20)35-21-10-12-29-13-11-21/h3-9,15-16,21,29H,2,10-14,17H2,1H3,(H3,27,28)/b6-4+. The molecular formula is C25H31FN4O5S. The topological polar surface area (TPSA) is 135 Å². The van der Waals surface area contributed by atoms with E-state index in [1.807, 2.05) is 0 Å². The normalized spacial score (nSPS) is 14.5. The zero-order valence-electron chi connectivity index (χ0n) is 20.1. The van der Waals surface area contributed by atoms with Crippen LogP contribution in [0.3, 0.4) is 0 Å². The van der Waals surface area contributed by atoms with Crippen molar-refractivity contribution in [1.82, 2.24) is 5.32 Å². The molecule has 3 rings (SSSR count). The molecule has 0 bridgehead atoms. The molecular weight excluding hydrogens is 487 g/mol. The average Bonchev–Trinajstić information content (AvgIpc) is 2.83. The van der Waals surface area contributed by atoms with Crippen molar-refractivity contribution >= 4 is 33.6 Å². The molecule has 0 spiro atoms. The Morgan fingerprint density at radius 1 is 1.25 bits per heavy atom. The summed E-state index contributed by atoms with van der Waals surface area (Å²) in [5.74, 6) is -2.52. The predicted octanol–water partition coefficient (Wildman–Crippen LogP) is 2.65. The second-order valence-electron chi connectivity index (χ2n) is 8.22. The monoisotopic (exact) mass is 518 g/mol. The molecule has 1 aliphatic heterocycles. The number of nitrogens with one attached hydrogen (secondary N) is 2. The number of esters is 1. The second kappa shape index (κ2) is 12.5. The van der Waals surface area contributed by atoms with Gasteiger partial charge in [0.1, 0.15) is 11.9 Å². The van der Waals surface area contributed by atoms with E-state index in [4.69, 9.17) is 20.6 Å². The molecule has 0 aromatic heterocycles. The summed E-state index contributed by atoms with van der Waals surface area (Å²) < 4.78 is 52.7. The number of piperidine rings is 1. The number of benzene rings is 2. The Bertz CT molecular complexity index is 1210. The van der Waals surface area contributed by atoms with Gasteiger partial charge in [-0.15, -0.1) is 0 Å². The lowest BCUT2D eigenvalue weighted by Crippen LogP contribution is -2.36. The predicted molar refractivity (Wildman–Crippen MR) is 137 cm³/mol. The third kappa shape index (κ3) is 7.53. The molecule has 0 unspecified atom stereocenters. The number of halogens is 1. The van der Waals surface area contributed by atoms with Crippen LogP contribution >= 0.6 is 0 Å². The minimum Gasteiger partial charge on any atom is -0.487 e. The largest absolute Gasteiger partial charge is 0.487 e. The van der Waals surface area contributed by atoms with E-state index in [2.05, 4.69) is 5.32 Å². The molecule has 36 heavy (non-hydrogen) atoms. The number of nitrogens with zero attached hydrogens (tertiary/aromatic N) is 1. The molecule has 0 radical (unpaired) electrons. The first-order valence-corrected chi connectivity index (χ1v) is 13.2. The van der Waals surface area contributed by atoms with Gasteiger partial charge in [-0.05, 0) is 56.6 Å².